The number of rotatable bonds is 4. The molecule has 0 radical (unpaired) electrons. The summed E-state index contributed by atoms with van der Waals surface area (Å²) in [6.07, 6.45) is 2.76. The lowest BCUT2D eigenvalue weighted by atomic mass is 10.2. The molecule has 0 spiro atoms. The molecule has 2 saturated heterocycles. The summed E-state index contributed by atoms with van der Waals surface area (Å²) in [5.41, 5.74) is 2.44. The lowest BCUT2D eigenvalue weighted by Gasteiger charge is -2.32. The van der Waals surface area contributed by atoms with E-state index in [1.807, 2.05) is 6.92 Å². The molecule has 3 heterocycles. The molecule has 19 heavy (non-hydrogen) atoms. The summed E-state index contributed by atoms with van der Waals surface area (Å²) in [4.78, 5) is 14.8. The molecule has 2 aliphatic heterocycles. The molecule has 0 amide bonds. The number of ether oxygens (including phenoxy) is 2. The number of nitrogen functional groups attached to an aromatic ring is 1. The van der Waals surface area contributed by atoms with Crippen LogP contribution in [0.4, 0.5) is 11.9 Å². The summed E-state index contributed by atoms with van der Waals surface area (Å²) >= 11 is 0. The fraction of sp³-hybridized carbons (Fsp3) is 0.727. The average molecular weight is 266 g/mol. The maximum atomic E-state index is 5.80. The molecule has 1 aromatic heterocycles. The van der Waals surface area contributed by atoms with Crippen LogP contribution in [0.15, 0.2) is 0 Å². The van der Waals surface area contributed by atoms with Crippen molar-refractivity contribution in [1.82, 2.24) is 15.0 Å². The van der Waals surface area contributed by atoms with Gasteiger partial charge in [0.15, 0.2) is 0 Å². The van der Waals surface area contributed by atoms with Gasteiger partial charge in [-0.25, -0.2) is 5.84 Å². The number of hydrogen-bond donors (Lipinski definition) is 2. The van der Waals surface area contributed by atoms with E-state index in [2.05, 4.69) is 25.3 Å². The van der Waals surface area contributed by atoms with Crippen LogP contribution in [0.25, 0.3) is 0 Å². The molecule has 2 aliphatic rings. The molecule has 104 valence electrons. The minimum atomic E-state index is 0.278. The molecule has 2 atom stereocenters. The first-order valence-electron chi connectivity index (χ1n) is 6.54. The molecule has 8 heteroatoms. The number of nitrogens with two attached hydrogens (primary N) is 1. The average Bonchev–Trinajstić information content (AvgIpc) is 2.77. The highest BCUT2D eigenvalue weighted by Gasteiger charge is 2.35. The molecular weight excluding hydrogens is 248 g/mol. The molecule has 2 bridgehead atoms. The Labute approximate surface area is 111 Å². The monoisotopic (exact) mass is 266 g/mol. The van der Waals surface area contributed by atoms with Crippen LogP contribution in [0.2, 0.25) is 0 Å². The number of hydrazine groups is 1. The highest BCUT2D eigenvalue weighted by Crippen LogP contribution is 2.28. The van der Waals surface area contributed by atoms with Crippen molar-refractivity contribution in [2.75, 3.05) is 30.0 Å². The van der Waals surface area contributed by atoms with Crippen molar-refractivity contribution in [3.8, 4) is 6.01 Å². The number of morpholine rings is 1. The summed E-state index contributed by atoms with van der Waals surface area (Å²) in [6, 6.07) is 0.291. The van der Waals surface area contributed by atoms with Gasteiger partial charge in [-0.1, -0.05) is 0 Å². The first-order valence-corrected chi connectivity index (χ1v) is 6.54. The fourth-order valence-electron chi connectivity index (χ4n) is 2.52. The van der Waals surface area contributed by atoms with Gasteiger partial charge < -0.3 is 14.4 Å². The standard InChI is InChI=1S/C11H18N6O2/c1-2-18-11-14-9(16-12)13-10(15-11)17-5-7-3-4-8(6-17)19-7/h7-8H,2-6,12H2,1H3,(H,13,14,15,16). The molecule has 1 aromatic rings. The van der Waals surface area contributed by atoms with Crippen LogP contribution in [0.5, 0.6) is 6.01 Å². The smallest absolute Gasteiger partial charge is 0.323 e. The Morgan fingerprint density at radius 1 is 1.32 bits per heavy atom. The van der Waals surface area contributed by atoms with Crippen molar-refractivity contribution in [2.45, 2.75) is 32.0 Å². The van der Waals surface area contributed by atoms with E-state index < -0.39 is 0 Å². The van der Waals surface area contributed by atoms with Crippen molar-refractivity contribution in [2.24, 2.45) is 5.84 Å². The van der Waals surface area contributed by atoms with E-state index in [0.717, 1.165) is 25.9 Å². The zero-order valence-electron chi connectivity index (χ0n) is 10.9. The molecular formula is C11H18N6O2. The van der Waals surface area contributed by atoms with Gasteiger partial charge in [0.25, 0.3) is 0 Å². The number of aromatic nitrogens is 3. The van der Waals surface area contributed by atoms with Crippen LogP contribution in [-0.4, -0.2) is 46.9 Å². The predicted molar refractivity (Wildman–Crippen MR) is 68.9 cm³/mol. The van der Waals surface area contributed by atoms with E-state index in [1.54, 1.807) is 0 Å². The van der Waals surface area contributed by atoms with E-state index in [0.29, 0.717) is 24.5 Å². The summed E-state index contributed by atoms with van der Waals surface area (Å²) in [7, 11) is 0. The van der Waals surface area contributed by atoms with Gasteiger partial charge in [-0.2, -0.15) is 15.0 Å². The highest BCUT2D eigenvalue weighted by atomic mass is 16.5. The first-order chi connectivity index (χ1) is 9.28. The van der Waals surface area contributed by atoms with Crippen LogP contribution < -0.4 is 20.9 Å². The van der Waals surface area contributed by atoms with Crippen molar-refractivity contribution >= 4 is 11.9 Å². The molecule has 3 N–H and O–H groups in total. The van der Waals surface area contributed by atoms with Crippen molar-refractivity contribution in [3.63, 3.8) is 0 Å². The Balaban J connectivity index is 1.84. The molecule has 0 saturated carbocycles. The number of nitrogens with one attached hydrogen (secondary N) is 1. The van der Waals surface area contributed by atoms with Gasteiger partial charge >= 0.3 is 6.01 Å². The Hall–Kier alpha value is -1.67. The number of nitrogens with zero attached hydrogens (tertiary/aromatic N) is 4. The van der Waals surface area contributed by atoms with Crippen LogP contribution in [0.1, 0.15) is 19.8 Å². The predicted octanol–water partition coefficient (Wildman–Crippen LogP) is -0.0765. The van der Waals surface area contributed by atoms with Crippen LogP contribution in [0.3, 0.4) is 0 Å². The van der Waals surface area contributed by atoms with E-state index in [9.17, 15) is 0 Å². The van der Waals surface area contributed by atoms with Crippen LogP contribution in [0, 0.1) is 0 Å². The molecule has 0 aliphatic carbocycles. The van der Waals surface area contributed by atoms with Crippen LogP contribution in [-0.2, 0) is 4.74 Å². The molecule has 8 nitrogen and oxygen atoms in total. The summed E-state index contributed by atoms with van der Waals surface area (Å²) in [5, 5.41) is 0. The van der Waals surface area contributed by atoms with Crippen molar-refractivity contribution in [3.05, 3.63) is 0 Å². The Bertz CT molecular complexity index is 445. The minimum Gasteiger partial charge on any atom is -0.464 e. The Kier molecular flexibility index (Phi) is 3.34. The maximum Gasteiger partial charge on any atom is 0.323 e. The molecule has 2 fully saturated rings. The highest BCUT2D eigenvalue weighted by molar-refractivity contribution is 5.38. The second-order valence-corrected chi connectivity index (χ2v) is 4.68. The summed E-state index contributed by atoms with van der Waals surface area (Å²) in [6.45, 7) is 3.99. The first kappa shape index (κ1) is 12.4. The fourth-order valence-corrected chi connectivity index (χ4v) is 2.52. The second kappa shape index (κ2) is 5.14. The van der Waals surface area contributed by atoms with Gasteiger partial charge in [-0.3, -0.25) is 5.43 Å². The third-order valence-corrected chi connectivity index (χ3v) is 3.33. The Morgan fingerprint density at radius 2 is 2.05 bits per heavy atom. The lowest BCUT2D eigenvalue weighted by Crippen LogP contribution is -2.43. The van der Waals surface area contributed by atoms with Gasteiger partial charge in [0.05, 0.1) is 18.8 Å². The van der Waals surface area contributed by atoms with Gasteiger partial charge in [0.2, 0.25) is 11.9 Å². The zero-order valence-corrected chi connectivity index (χ0v) is 10.9. The van der Waals surface area contributed by atoms with E-state index >= 15 is 0 Å². The molecule has 3 rings (SSSR count). The summed E-state index contributed by atoms with van der Waals surface area (Å²) < 4.78 is 11.1. The second-order valence-electron chi connectivity index (χ2n) is 4.68. The SMILES string of the molecule is CCOc1nc(NN)nc(N2CC3CCC(C2)O3)n1. The Morgan fingerprint density at radius 3 is 2.68 bits per heavy atom. The molecule has 0 aromatic carbocycles. The van der Waals surface area contributed by atoms with Gasteiger partial charge in [0, 0.05) is 13.1 Å². The largest absolute Gasteiger partial charge is 0.464 e. The minimum absolute atomic E-state index is 0.278. The van der Waals surface area contributed by atoms with Crippen molar-refractivity contribution in [1.29, 1.82) is 0 Å². The third kappa shape index (κ3) is 2.54. The van der Waals surface area contributed by atoms with Gasteiger partial charge in [0.1, 0.15) is 0 Å². The van der Waals surface area contributed by atoms with Crippen LogP contribution >= 0.6 is 0 Å². The third-order valence-electron chi connectivity index (χ3n) is 3.33. The normalized spacial score (nSPS) is 25.5. The number of anilines is 2. The van der Waals surface area contributed by atoms with Gasteiger partial charge in [-0.05, 0) is 19.8 Å². The quantitative estimate of drug-likeness (QED) is 0.577. The van der Waals surface area contributed by atoms with E-state index in [1.165, 1.54) is 0 Å². The molecule has 2 unspecified atom stereocenters. The number of hydrogen-bond acceptors (Lipinski definition) is 8. The number of fused-ring (bicyclic) bond motifs is 2. The van der Waals surface area contributed by atoms with E-state index in [-0.39, 0.29) is 12.2 Å². The summed E-state index contributed by atoms with van der Waals surface area (Å²) in [5.74, 6) is 6.28. The van der Waals surface area contributed by atoms with Gasteiger partial charge in [-0.15, -0.1) is 0 Å². The lowest BCUT2D eigenvalue weighted by molar-refractivity contribution is 0.0298. The zero-order chi connectivity index (χ0) is 13.2. The van der Waals surface area contributed by atoms with E-state index in [4.69, 9.17) is 15.3 Å². The topological polar surface area (TPSA) is 98.4 Å². The van der Waals surface area contributed by atoms with Crippen molar-refractivity contribution < 1.29 is 9.47 Å². The maximum absolute atomic E-state index is 5.80.